The largest absolute Gasteiger partial charge is 0.241 e. The van der Waals surface area contributed by atoms with E-state index in [9.17, 15) is 0 Å². The first-order valence-corrected chi connectivity index (χ1v) is 3.61. The molecule has 2 nitrogen and oxygen atoms in total. The van der Waals surface area contributed by atoms with Gasteiger partial charge in [0.2, 0.25) is 0 Å². The van der Waals surface area contributed by atoms with Gasteiger partial charge >= 0.3 is 0 Å². The zero-order valence-electron chi connectivity index (χ0n) is 6.41. The normalized spacial score (nSPS) is 13.0. The Morgan fingerprint density at radius 3 is 2.50 bits per heavy atom. The van der Waals surface area contributed by atoms with E-state index in [0.717, 1.165) is 12.2 Å². The average Bonchev–Trinajstić information content (AvgIpc) is 2.05. The molecule has 2 heteroatoms. The highest BCUT2D eigenvalue weighted by Gasteiger charge is 2.02. The van der Waals surface area contributed by atoms with Crippen LogP contribution in [0.15, 0.2) is 18.5 Å². The predicted octanol–water partition coefficient (Wildman–Crippen LogP) is 1.99. The first kappa shape index (κ1) is 7.19. The van der Waals surface area contributed by atoms with E-state index in [4.69, 9.17) is 0 Å². The van der Waals surface area contributed by atoms with E-state index < -0.39 is 0 Å². The summed E-state index contributed by atoms with van der Waals surface area (Å²) in [4.78, 5) is 8.28. The molecule has 0 saturated heterocycles. The Morgan fingerprint density at radius 2 is 2.00 bits per heavy atom. The van der Waals surface area contributed by atoms with Crippen LogP contribution in [0.5, 0.6) is 0 Å². The second kappa shape index (κ2) is 3.30. The van der Waals surface area contributed by atoms with Crippen molar-refractivity contribution in [3.63, 3.8) is 0 Å². The molecule has 1 aromatic heterocycles. The average molecular weight is 136 g/mol. The van der Waals surface area contributed by atoms with E-state index in [-0.39, 0.29) is 0 Å². The summed E-state index contributed by atoms with van der Waals surface area (Å²) in [5.74, 6) is 1.44. The molecule has 0 aliphatic rings. The van der Waals surface area contributed by atoms with Gasteiger partial charge in [-0.2, -0.15) is 0 Å². The maximum absolute atomic E-state index is 4.14. The van der Waals surface area contributed by atoms with E-state index in [2.05, 4.69) is 23.8 Å². The molecule has 0 aliphatic heterocycles. The van der Waals surface area contributed by atoms with Gasteiger partial charge in [-0.3, -0.25) is 0 Å². The molecule has 0 spiro atoms. The summed E-state index contributed by atoms with van der Waals surface area (Å²) >= 11 is 0. The van der Waals surface area contributed by atoms with E-state index >= 15 is 0 Å². The van der Waals surface area contributed by atoms with Gasteiger partial charge in [-0.05, 0) is 12.5 Å². The Morgan fingerprint density at radius 1 is 1.40 bits per heavy atom. The van der Waals surface area contributed by atoms with Crippen LogP contribution in [0.2, 0.25) is 0 Å². The van der Waals surface area contributed by atoms with E-state index in [1.165, 1.54) is 0 Å². The SMILES string of the molecule is CC[C@H](C)c1ncccn1. The van der Waals surface area contributed by atoms with Crippen LogP contribution >= 0.6 is 0 Å². The highest BCUT2D eigenvalue weighted by atomic mass is 14.9. The fourth-order valence-electron chi connectivity index (χ4n) is 0.748. The molecule has 0 radical (unpaired) electrons. The predicted molar refractivity (Wildman–Crippen MR) is 40.7 cm³/mol. The molecular weight excluding hydrogens is 124 g/mol. The van der Waals surface area contributed by atoms with Gasteiger partial charge in [0.05, 0.1) is 0 Å². The van der Waals surface area contributed by atoms with Gasteiger partial charge < -0.3 is 0 Å². The summed E-state index contributed by atoms with van der Waals surface area (Å²) < 4.78 is 0. The maximum atomic E-state index is 4.14. The van der Waals surface area contributed by atoms with Crippen molar-refractivity contribution in [1.82, 2.24) is 9.97 Å². The molecule has 1 aromatic rings. The van der Waals surface area contributed by atoms with Crippen LogP contribution in [-0.4, -0.2) is 9.97 Å². The van der Waals surface area contributed by atoms with Gasteiger partial charge in [0.1, 0.15) is 5.82 Å². The van der Waals surface area contributed by atoms with Gasteiger partial charge in [0, 0.05) is 18.3 Å². The molecule has 10 heavy (non-hydrogen) atoms. The molecule has 1 heterocycles. The Hall–Kier alpha value is -0.920. The number of hydrogen-bond acceptors (Lipinski definition) is 2. The zero-order chi connectivity index (χ0) is 7.40. The topological polar surface area (TPSA) is 25.8 Å². The van der Waals surface area contributed by atoms with Crippen molar-refractivity contribution in [3.8, 4) is 0 Å². The standard InChI is InChI=1S/C8H12N2/c1-3-7(2)8-9-5-4-6-10-8/h4-7H,3H2,1-2H3/t7-/m0/s1. The summed E-state index contributed by atoms with van der Waals surface area (Å²) in [6.07, 6.45) is 4.67. The van der Waals surface area contributed by atoms with Gasteiger partial charge in [0.15, 0.2) is 0 Å². The van der Waals surface area contributed by atoms with Crippen molar-refractivity contribution < 1.29 is 0 Å². The lowest BCUT2D eigenvalue weighted by atomic mass is 10.1. The van der Waals surface area contributed by atoms with Gasteiger partial charge in [-0.25, -0.2) is 9.97 Å². The van der Waals surface area contributed by atoms with Crippen LogP contribution in [0.25, 0.3) is 0 Å². The third-order valence-electron chi connectivity index (χ3n) is 1.64. The molecule has 0 aliphatic carbocycles. The Balaban J connectivity index is 2.75. The van der Waals surface area contributed by atoms with Gasteiger partial charge in [-0.15, -0.1) is 0 Å². The molecule has 0 amide bonds. The van der Waals surface area contributed by atoms with Crippen molar-refractivity contribution >= 4 is 0 Å². The molecule has 0 fully saturated rings. The quantitative estimate of drug-likeness (QED) is 0.621. The van der Waals surface area contributed by atoms with Crippen LogP contribution in [-0.2, 0) is 0 Å². The summed E-state index contributed by atoms with van der Waals surface area (Å²) in [7, 11) is 0. The zero-order valence-corrected chi connectivity index (χ0v) is 6.41. The summed E-state index contributed by atoms with van der Waals surface area (Å²) in [5.41, 5.74) is 0. The fourth-order valence-corrected chi connectivity index (χ4v) is 0.748. The third-order valence-corrected chi connectivity index (χ3v) is 1.64. The highest BCUT2D eigenvalue weighted by molar-refractivity contribution is 4.94. The number of nitrogens with zero attached hydrogens (tertiary/aromatic N) is 2. The maximum Gasteiger partial charge on any atom is 0.130 e. The fraction of sp³-hybridized carbons (Fsp3) is 0.500. The Bertz CT molecular complexity index is 184. The minimum absolute atomic E-state index is 0.487. The first-order valence-electron chi connectivity index (χ1n) is 3.61. The lowest BCUT2D eigenvalue weighted by molar-refractivity contribution is 0.678. The van der Waals surface area contributed by atoms with Crippen molar-refractivity contribution in [2.75, 3.05) is 0 Å². The van der Waals surface area contributed by atoms with Crippen LogP contribution in [0.1, 0.15) is 32.0 Å². The van der Waals surface area contributed by atoms with Gasteiger partial charge in [-0.1, -0.05) is 13.8 Å². The lowest BCUT2D eigenvalue weighted by Crippen LogP contribution is -1.97. The molecule has 0 bridgehead atoms. The van der Waals surface area contributed by atoms with Crippen molar-refractivity contribution in [1.29, 1.82) is 0 Å². The summed E-state index contributed by atoms with van der Waals surface area (Å²) in [6.45, 7) is 4.27. The highest BCUT2D eigenvalue weighted by Crippen LogP contribution is 2.11. The monoisotopic (exact) mass is 136 g/mol. The minimum Gasteiger partial charge on any atom is -0.241 e. The first-order chi connectivity index (χ1) is 4.84. The van der Waals surface area contributed by atoms with Crippen LogP contribution in [0.4, 0.5) is 0 Å². The number of hydrogen-bond donors (Lipinski definition) is 0. The van der Waals surface area contributed by atoms with Crippen molar-refractivity contribution in [2.45, 2.75) is 26.2 Å². The van der Waals surface area contributed by atoms with Crippen molar-refractivity contribution in [3.05, 3.63) is 24.3 Å². The smallest absolute Gasteiger partial charge is 0.130 e. The Kier molecular flexibility index (Phi) is 2.37. The molecule has 54 valence electrons. The summed E-state index contributed by atoms with van der Waals surface area (Å²) in [5, 5.41) is 0. The molecule has 1 atom stereocenters. The second-order valence-electron chi connectivity index (χ2n) is 2.42. The van der Waals surface area contributed by atoms with Crippen LogP contribution in [0, 0.1) is 0 Å². The van der Waals surface area contributed by atoms with Crippen molar-refractivity contribution in [2.24, 2.45) is 0 Å². The molecule has 0 N–H and O–H groups in total. The second-order valence-corrected chi connectivity index (χ2v) is 2.42. The molecule has 0 saturated carbocycles. The Labute approximate surface area is 61.3 Å². The molecule has 0 unspecified atom stereocenters. The van der Waals surface area contributed by atoms with Crippen LogP contribution < -0.4 is 0 Å². The molecule has 0 aromatic carbocycles. The molecular formula is C8H12N2. The van der Waals surface area contributed by atoms with E-state index in [0.29, 0.717) is 5.92 Å². The molecule has 1 rings (SSSR count). The number of rotatable bonds is 2. The third kappa shape index (κ3) is 1.53. The van der Waals surface area contributed by atoms with E-state index in [1.807, 2.05) is 6.07 Å². The minimum atomic E-state index is 0.487. The van der Waals surface area contributed by atoms with Crippen LogP contribution in [0.3, 0.4) is 0 Å². The number of aromatic nitrogens is 2. The van der Waals surface area contributed by atoms with E-state index in [1.54, 1.807) is 12.4 Å². The summed E-state index contributed by atoms with van der Waals surface area (Å²) in [6, 6.07) is 1.84. The lowest BCUT2D eigenvalue weighted by Gasteiger charge is -2.03. The van der Waals surface area contributed by atoms with Gasteiger partial charge in [0.25, 0.3) is 0 Å².